The lowest BCUT2D eigenvalue weighted by molar-refractivity contribution is -0.146. The van der Waals surface area contributed by atoms with Crippen LogP contribution in [0.25, 0.3) is 0 Å². The summed E-state index contributed by atoms with van der Waals surface area (Å²) in [6.45, 7) is 0.255. The fraction of sp³-hybridized carbons (Fsp3) is 0.259. The number of nitrogens with one attached hydrogen (secondary N) is 1. The molecule has 2 heterocycles. The number of aromatic nitrogens is 1. The predicted molar refractivity (Wildman–Crippen MR) is 133 cm³/mol. The minimum atomic E-state index is -0.895. The fourth-order valence-electron chi connectivity index (χ4n) is 4.50. The highest BCUT2D eigenvalue weighted by molar-refractivity contribution is 6.30. The summed E-state index contributed by atoms with van der Waals surface area (Å²) < 4.78 is 10.2. The maximum atomic E-state index is 13.7. The second kappa shape index (κ2) is 11.2. The van der Waals surface area contributed by atoms with Gasteiger partial charge in [-0.2, -0.15) is 0 Å². The summed E-state index contributed by atoms with van der Waals surface area (Å²) in [7, 11) is 2.88. The molecule has 1 N–H and O–H groups in total. The monoisotopic (exact) mass is 507 g/mol. The lowest BCUT2D eigenvalue weighted by atomic mass is 9.93. The molecule has 4 rings (SSSR count). The van der Waals surface area contributed by atoms with Gasteiger partial charge >= 0.3 is 5.97 Å². The number of amides is 2. The molecule has 186 valence electrons. The number of rotatable bonds is 7. The van der Waals surface area contributed by atoms with Crippen LogP contribution in [-0.2, 0) is 20.9 Å². The van der Waals surface area contributed by atoms with Gasteiger partial charge in [0.1, 0.15) is 11.8 Å². The van der Waals surface area contributed by atoms with E-state index in [1.165, 1.54) is 24.4 Å². The standard InChI is InChI=1S/C27H26ClN3O5/c1-35-21-9-3-17(4-10-21)16-30-25(32)23-15-22(27(34)36-2)24(18-5-7-20(28)8-6-18)31(23)26(33)19-11-13-29-14-12-19/h3-14,22-24H,15-16H2,1-2H3,(H,30,32). The van der Waals surface area contributed by atoms with E-state index in [9.17, 15) is 14.4 Å². The van der Waals surface area contributed by atoms with Crippen molar-refractivity contribution in [3.05, 3.63) is 94.8 Å². The predicted octanol–water partition coefficient (Wildman–Crippen LogP) is 3.81. The van der Waals surface area contributed by atoms with Gasteiger partial charge in [0.25, 0.3) is 5.91 Å². The van der Waals surface area contributed by atoms with Crippen molar-refractivity contribution in [2.24, 2.45) is 5.92 Å². The molecule has 9 heteroatoms. The third-order valence-electron chi connectivity index (χ3n) is 6.30. The Labute approximate surface area is 214 Å². The van der Waals surface area contributed by atoms with Crippen LogP contribution in [0.2, 0.25) is 5.02 Å². The number of hydrogen-bond donors (Lipinski definition) is 1. The van der Waals surface area contributed by atoms with Gasteiger partial charge in [0.15, 0.2) is 0 Å². The number of benzene rings is 2. The third kappa shape index (κ3) is 5.33. The third-order valence-corrected chi connectivity index (χ3v) is 6.55. The van der Waals surface area contributed by atoms with E-state index in [4.69, 9.17) is 21.1 Å². The number of carbonyl (C=O) groups excluding carboxylic acids is 3. The van der Waals surface area contributed by atoms with Crippen molar-refractivity contribution in [1.29, 1.82) is 0 Å². The van der Waals surface area contributed by atoms with E-state index in [0.717, 1.165) is 5.56 Å². The highest BCUT2D eigenvalue weighted by Crippen LogP contribution is 2.43. The van der Waals surface area contributed by atoms with Crippen LogP contribution in [0.5, 0.6) is 5.75 Å². The zero-order valence-electron chi connectivity index (χ0n) is 19.9. The Morgan fingerprint density at radius 2 is 1.67 bits per heavy atom. The van der Waals surface area contributed by atoms with Crippen LogP contribution in [0.1, 0.15) is 33.9 Å². The van der Waals surface area contributed by atoms with E-state index in [1.807, 2.05) is 12.1 Å². The van der Waals surface area contributed by atoms with Gasteiger partial charge < -0.3 is 19.7 Å². The molecule has 0 aliphatic carbocycles. The first-order valence-corrected chi connectivity index (χ1v) is 11.8. The molecule has 2 amide bonds. The number of esters is 1. The number of halogens is 1. The summed E-state index contributed by atoms with van der Waals surface area (Å²) in [6.07, 6.45) is 3.14. The topological polar surface area (TPSA) is 97.8 Å². The molecular weight excluding hydrogens is 482 g/mol. The first-order chi connectivity index (χ1) is 17.4. The summed E-state index contributed by atoms with van der Waals surface area (Å²) in [5, 5.41) is 3.43. The van der Waals surface area contributed by atoms with E-state index in [0.29, 0.717) is 21.9 Å². The van der Waals surface area contributed by atoms with Crippen molar-refractivity contribution < 1.29 is 23.9 Å². The minimum Gasteiger partial charge on any atom is -0.497 e. The van der Waals surface area contributed by atoms with Gasteiger partial charge in [-0.3, -0.25) is 19.4 Å². The molecule has 0 spiro atoms. The van der Waals surface area contributed by atoms with Gasteiger partial charge in [-0.25, -0.2) is 0 Å². The van der Waals surface area contributed by atoms with Gasteiger partial charge in [0.2, 0.25) is 5.91 Å². The van der Waals surface area contributed by atoms with Crippen LogP contribution < -0.4 is 10.1 Å². The van der Waals surface area contributed by atoms with Gasteiger partial charge in [-0.1, -0.05) is 35.9 Å². The number of ether oxygens (including phenoxy) is 2. The summed E-state index contributed by atoms with van der Waals surface area (Å²) in [5.41, 5.74) is 1.91. The number of likely N-dealkylation sites (tertiary alicyclic amines) is 1. The maximum absolute atomic E-state index is 13.7. The number of hydrogen-bond acceptors (Lipinski definition) is 6. The molecule has 0 radical (unpaired) electrons. The van der Waals surface area contributed by atoms with E-state index in [2.05, 4.69) is 10.3 Å². The molecule has 1 aromatic heterocycles. The fourth-order valence-corrected chi connectivity index (χ4v) is 4.62. The normalized spacial score (nSPS) is 19.0. The van der Waals surface area contributed by atoms with E-state index in [-0.39, 0.29) is 24.8 Å². The second-order valence-electron chi connectivity index (χ2n) is 8.39. The van der Waals surface area contributed by atoms with Crippen molar-refractivity contribution in [3.8, 4) is 5.75 Å². The zero-order chi connectivity index (χ0) is 25.7. The molecule has 3 atom stereocenters. The summed E-state index contributed by atoms with van der Waals surface area (Å²) in [6, 6.07) is 15.8. The van der Waals surface area contributed by atoms with Crippen LogP contribution in [0.3, 0.4) is 0 Å². The molecule has 2 aromatic carbocycles. The maximum Gasteiger partial charge on any atom is 0.311 e. The molecule has 3 unspecified atom stereocenters. The van der Waals surface area contributed by atoms with Crippen molar-refractivity contribution >= 4 is 29.4 Å². The SMILES string of the molecule is COC(=O)C1CC(C(=O)NCc2ccc(OC)cc2)N(C(=O)c2ccncc2)C1c1ccc(Cl)cc1. The molecule has 1 fully saturated rings. The highest BCUT2D eigenvalue weighted by atomic mass is 35.5. The van der Waals surface area contributed by atoms with Crippen molar-refractivity contribution in [1.82, 2.24) is 15.2 Å². The molecule has 8 nitrogen and oxygen atoms in total. The molecule has 0 saturated carbocycles. The second-order valence-corrected chi connectivity index (χ2v) is 8.83. The molecule has 1 aliphatic heterocycles. The van der Waals surface area contributed by atoms with Gasteiger partial charge in [-0.05, 0) is 53.9 Å². The number of methoxy groups -OCH3 is 2. The van der Waals surface area contributed by atoms with Crippen LogP contribution in [0, 0.1) is 5.92 Å². The van der Waals surface area contributed by atoms with E-state index >= 15 is 0 Å². The first-order valence-electron chi connectivity index (χ1n) is 11.4. The van der Waals surface area contributed by atoms with Crippen LogP contribution >= 0.6 is 11.6 Å². The molecule has 0 bridgehead atoms. The Kier molecular flexibility index (Phi) is 7.85. The summed E-state index contributed by atoms with van der Waals surface area (Å²) in [4.78, 5) is 45.5. The first kappa shape index (κ1) is 25.2. The van der Waals surface area contributed by atoms with Gasteiger partial charge in [0.05, 0.1) is 26.2 Å². The van der Waals surface area contributed by atoms with Crippen molar-refractivity contribution in [2.75, 3.05) is 14.2 Å². The van der Waals surface area contributed by atoms with E-state index in [1.54, 1.807) is 55.6 Å². The Bertz CT molecular complexity index is 1220. The van der Waals surface area contributed by atoms with Gasteiger partial charge in [-0.15, -0.1) is 0 Å². The Morgan fingerprint density at radius 1 is 1.00 bits per heavy atom. The molecule has 1 aliphatic rings. The molecule has 3 aromatic rings. The Balaban J connectivity index is 1.68. The van der Waals surface area contributed by atoms with Crippen LogP contribution in [-0.4, -0.2) is 47.9 Å². The highest BCUT2D eigenvalue weighted by Gasteiger charge is 2.51. The van der Waals surface area contributed by atoms with E-state index < -0.39 is 24.0 Å². The number of pyridine rings is 1. The quantitative estimate of drug-likeness (QED) is 0.488. The molecular formula is C27H26ClN3O5. The smallest absolute Gasteiger partial charge is 0.311 e. The van der Waals surface area contributed by atoms with Crippen LogP contribution in [0.4, 0.5) is 0 Å². The molecule has 1 saturated heterocycles. The average Bonchev–Trinajstić information content (AvgIpc) is 3.32. The van der Waals surface area contributed by atoms with Crippen LogP contribution in [0.15, 0.2) is 73.1 Å². The Morgan fingerprint density at radius 3 is 2.28 bits per heavy atom. The van der Waals surface area contributed by atoms with Crippen molar-refractivity contribution in [3.63, 3.8) is 0 Å². The largest absolute Gasteiger partial charge is 0.497 e. The number of carbonyl (C=O) groups is 3. The van der Waals surface area contributed by atoms with Gasteiger partial charge in [0, 0.05) is 29.5 Å². The molecule has 36 heavy (non-hydrogen) atoms. The number of nitrogens with zero attached hydrogens (tertiary/aromatic N) is 2. The average molecular weight is 508 g/mol. The van der Waals surface area contributed by atoms with Crippen molar-refractivity contribution in [2.45, 2.75) is 25.0 Å². The summed E-state index contributed by atoms with van der Waals surface area (Å²) in [5.74, 6) is -1.26. The minimum absolute atomic E-state index is 0.116. The summed E-state index contributed by atoms with van der Waals surface area (Å²) >= 11 is 6.09. The lowest BCUT2D eigenvalue weighted by Gasteiger charge is -2.31. The Hall–Kier alpha value is -3.91. The zero-order valence-corrected chi connectivity index (χ0v) is 20.6. The lowest BCUT2D eigenvalue weighted by Crippen LogP contribution is -2.46.